The van der Waals surface area contributed by atoms with Crippen LogP contribution in [-0.4, -0.2) is 27.7 Å². The smallest absolute Gasteiger partial charge is 0.271 e. The Morgan fingerprint density at radius 1 is 1.12 bits per heavy atom. The van der Waals surface area contributed by atoms with Gasteiger partial charge in [-0.15, -0.1) is 0 Å². The number of likely N-dealkylation sites (tertiary alicyclic amines) is 1. The Labute approximate surface area is 138 Å². The van der Waals surface area contributed by atoms with Crippen molar-refractivity contribution in [2.24, 2.45) is 0 Å². The van der Waals surface area contributed by atoms with Crippen LogP contribution in [0.3, 0.4) is 0 Å². The van der Waals surface area contributed by atoms with Crippen LogP contribution in [0.4, 0.5) is 11.4 Å². The molecular formula is C17H15N3O4. The number of nitrogens with zero attached hydrogens (tertiary/aromatic N) is 2. The molecule has 24 heavy (non-hydrogen) atoms. The second-order valence-electron chi connectivity index (χ2n) is 5.51. The second-order valence-corrected chi connectivity index (χ2v) is 5.51. The van der Waals surface area contributed by atoms with Gasteiger partial charge in [0.2, 0.25) is 5.91 Å². The van der Waals surface area contributed by atoms with E-state index in [2.05, 4.69) is 5.32 Å². The maximum absolute atomic E-state index is 12.5. The maximum Gasteiger partial charge on any atom is 0.271 e. The zero-order valence-corrected chi connectivity index (χ0v) is 12.7. The number of non-ortho nitro benzene ring substituents is 1. The Balaban J connectivity index is 1.72. The van der Waals surface area contributed by atoms with Crippen LogP contribution in [0, 0.1) is 10.1 Å². The van der Waals surface area contributed by atoms with Gasteiger partial charge in [0.1, 0.15) is 6.04 Å². The van der Waals surface area contributed by atoms with Crippen LogP contribution < -0.4 is 5.32 Å². The van der Waals surface area contributed by atoms with E-state index in [1.54, 1.807) is 6.07 Å². The lowest BCUT2D eigenvalue weighted by Crippen LogP contribution is -2.34. The lowest BCUT2D eigenvalue weighted by Gasteiger charge is -2.16. The molecule has 1 saturated heterocycles. The summed E-state index contributed by atoms with van der Waals surface area (Å²) in [5.41, 5.74) is 1.24. The van der Waals surface area contributed by atoms with Crippen molar-refractivity contribution in [3.8, 4) is 0 Å². The molecule has 1 atom stereocenters. The summed E-state index contributed by atoms with van der Waals surface area (Å²) in [6.07, 6.45) is 0.0361. The van der Waals surface area contributed by atoms with Crippen LogP contribution in [0.15, 0.2) is 54.6 Å². The van der Waals surface area contributed by atoms with Crippen molar-refractivity contribution >= 4 is 23.2 Å². The molecule has 7 nitrogen and oxygen atoms in total. The highest BCUT2D eigenvalue weighted by Gasteiger charge is 2.38. The van der Waals surface area contributed by atoms with Gasteiger partial charge >= 0.3 is 0 Å². The molecule has 2 amide bonds. The summed E-state index contributed by atoms with van der Waals surface area (Å²) < 4.78 is 0. The van der Waals surface area contributed by atoms with E-state index in [1.165, 1.54) is 23.1 Å². The molecule has 122 valence electrons. The number of imide groups is 1. The lowest BCUT2D eigenvalue weighted by molar-refractivity contribution is -0.384. The second kappa shape index (κ2) is 6.49. The van der Waals surface area contributed by atoms with Crippen molar-refractivity contribution in [3.05, 3.63) is 70.3 Å². The predicted octanol–water partition coefficient (Wildman–Crippen LogP) is 2.33. The van der Waals surface area contributed by atoms with Gasteiger partial charge in [0.15, 0.2) is 0 Å². The first-order valence-corrected chi connectivity index (χ1v) is 7.44. The average Bonchev–Trinajstić information content (AvgIpc) is 2.83. The fourth-order valence-corrected chi connectivity index (χ4v) is 2.64. The molecule has 0 unspecified atom stereocenters. The molecule has 3 rings (SSSR count). The Morgan fingerprint density at radius 3 is 2.58 bits per heavy atom. The van der Waals surface area contributed by atoms with Gasteiger partial charge in [-0.3, -0.25) is 24.6 Å². The van der Waals surface area contributed by atoms with E-state index >= 15 is 0 Å². The summed E-state index contributed by atoms with van der Waals surface area (Å²) in [6.45, 7) is 0.228. The molecule has 0 aromatic heterocycles. The van der Waals surface area contributed by atoms with Crippen molar-refractivity contribution in [3.63, 3.8) is 0 Å². The molecule has 1 aliphatic heterocycles. The number of nitro groups is 1. The van der Waals surface area contributed by atoms with Crippen molar-refractivity contribution in [1.29, 1.82) is 0 Å². The molecule has 0 radical (unpaired) electrons. The van der Waals surface area contributed by atoms with Crippen molar-refractivity contribution < 1.29 is 14.5 Å². The van der Waals surface area contributed by atoms with Gasteiger partial charge in [0.05, 0.1) is 17.9 Å². The zero-order valence-electron chi connectivity index (χ0n) is 12.7. The van der Waals surface area contributed by atoms with Crippen LogP contribution in [0.5, 0.6) is 0 Å². The van der Waals surface area contributed by atoms with Gasteiger partial charge in [0, 0.05) is 17.8 Å². The summed E-state index contributed by atoms with van der Waals surface area (Å²) in [4.78, 5) is 36.1. The molecule has 2 aromatic rings. The summed E-state index contributed by atoms with van der Waals surface area (Å²) in [5, 5.41) is 13.7. The Hall–Kier alpha value is -3.22. The number of anilines is 1. The minimum atomic E-state index is -0.705. The van der Waals surface area contributed by atoms with E-state index in [1.807, 2.05) is 30.3 Å². The quantitative estimate of drug-likeness (QED) is 0.517. The normalized spacial score (nSPS) is 17.2. The zero-order chi connectivity index (χ0) is 17.1. The van der Waals surface area contributed by atoms with Gasteiger partial charge < -0.3 is 5.32 Å². The summed E-state index contributed by atoms with van der Waals surface area (Å²) in [6, 6.07) is 14.4. The molecule has 1 aliphatic rings. The molecule has 7 heteroatoms. The number of hydrogen-bond donors (Lipinski definition) is 1. The van der Waals surface area contributed by atoms with Crippen molar-refractivity contribution in [2.45, 2.75) is 19.0 Å². The first-order chi connectivity index (χ1) is 11.5. The molecule has 1 N–H and O–H groups in total. The topological polar surface area (TPSA) is 92.5 Å². The SMILES string of the molecule is O=C1C[C@H](Nc2cccc([N+](=O)[O-])c2)C(=O)N1Cc1ccccc1. The third-order valence-electron chi connectivity index (χ3n) is 3.83. The fourth-order valence-electron chi connectivity index (χ4n) is 2.64. The molecule has 2 aromatic carbocycles. The van der Waals surface area contributed by atoms with Gasteiger partial charge in [0.25, 0.3) is 11.6 Å². The molecule has 0 spiro atoms. The average molecular weight is 325 g/mol. The number of benzene rings is 2. The number of amides is 2. The monoisotopic (exact) mass is 325 g/mol. The molecular weight excluding hydrogens is 310 g/mol. The number of rotatable bonds is 5. The van der Waals surface area contributed by atoms with Crippen LogP contribution in [0.2, 0.25) is 0 Å². The third kappa shape index (κ3) is 3.24. The van der Waals surface area contributed by atoms with Crippen LogP contribution in [-0.2, 0) is 16.1 Å². The number of carbonyl (C=O) groups is 2. The molecule has 1 heterocycles. The first-order valence-electron chi connectivity index (χ1n) is 7.44. The largest absolute Gasteiger partial charge is 0.373 e. The van der Waals surface area contributed by atoms with E-state index in [0.29, 0.717) is 5.69 Å². The maximum atomic E-state index is 12.5. The Morgan fingerprint density at radius 2 is 1.88 bits per heavy atom. The summed E-state index contributed by atoms with van der Waals surface area (Å²) in [5.74, 6) is -0.581. The summed E-state index contributed by atoms with van der Waals surface area (Å²) in [7, 11) is 0. The molecule has 1 fully saturated rings. The molecule has 0 saturated carbocycles. The Bertz CT molecular complexity index is 791. The standard InChI is InChI=1S/C17H15N3O4/c21-16-10-15(18-13-7-4-8-14(9-13)20(23)24)17(22)19(16)11-12-5-2-1-3-6-12/h1-9,15,18H,10-11H2/t15-/m0/s1. The summed E-state index contributed by atoms with van der Waals surface area (Å²) >= 11 is 0. The molecule has 0 bridgehead atoms. The van der Waals surface area contributed by atoms with Crippen molar-refractivity contribution in [1.82, 2.24) is 4.90 Å². The number of hydrogen-bond acceptors (Lipinski definition) is 5. The van der Waals surface area contributed by atoms with E-state index in [4.69, 9.17) is 0 Å². The highest BCUT2D eigenvalue weighted by Crippen LogP contribution is 2.23. The minimum Gasteiger partial charge on any atom is -0.373 e. The van der Waals surface area contributed by atoms with Gasteiger partial charge in [-0.25, -0.2) is 0 Å². The van der Waals surface area contributed by atoms with E-state index in [9.17, 15) is 19.7 Å². The van der Waals surface area contributed by atoms with Gasteiger partial charge in [-0.1, -0.05) is 36.4 Å². The number of carbonyl (C=O) groups excluding carboxylic acids is 2. The third-order valence-corrected chi connectivity index (χ3v) is 3.83. The minimum absolute atomic E-state index is 0.0361. The Kier molecular flexibility index (Phi) is 4.24. The van der Waals surface area contributed by atoms with E-state index in [-0.39, 0.29) is 30.5 Å². The van der Waals surface area contributed by atoms with Gasteiger partial charge in [-0.05, 0) is 11.6 Å². The van der Waals surface area contributed by atoms with E-state index < -0.39 is 11.0 Å². The van der Waals surface area contributed by atoms with Crippen LogP contribution >= 0.6 is 0 Å². The predicted molar refractivity (Wildman–Crippen MR) is 87.1 cm³/mol. The lowest BCUT2D eigenvalue weighted by atomic mass is 10.2. The highest BCUT2D eigenvalue weighted by atomic mass is 16.6. The van der Waals surface area contributed by atoms with Gasteiger partial charge in [-0.2, -0.15) is 0 Å². The number of nitrogens with one attached hydrogen (secondary N) is 1. The highest BCUT2D eigenvalue weighted by molar-refractivity contribution is 6.06. The number of nitro benzene ring substituents is 1. The van der Waals surface area contributed by atoms with Crippen molar-refractivity contribution in [2.75, 3.05) is 5.32 Å². The van der Waals surface area contributed by atoms with Crippen LogP contribution in [0.1, 0.15) is 12.0 Å². The fraction of sp³-hybridized carbons (Fsp3) is 0.176. The molecule has 0 aliphatic carbocycles. The van der Waals surface area contributed by atoms with E-state index in [0.717, 1.165) is 5.56 Å². The first kappa shape index (κ1) is 15.7. The van der Waals surface area contributed by atoms with Crippen LogP contribution in [0.25, 0.3) is 0 Å².